The molecule has 1 saturated heterocycles. The summed E-state index contributed by atoms with van der Waals surface area (Å²) in [6.45, 7) is 3.15. The van der Waals surface area contributed by atoms with Crippen LogP contribution < -0.4 is 70.4 Å². The van der Waals surface area contributed by atoms with Crippen LogP contribution in [0.5, 0.6) is 0 Å². The van der Waals surface area contributed by atoms with Gasteiger partial charge in [0.05, 0.1) is 37.0 Å². The lowest BCUT2D eigenvalue weighted by Gasteiger charge is -2.29. The van der Waals surface area contributed by atoms with Gasteiger partial charge in [0.25, 0.3) is 11.8 Å². The summed E-state index contributed by atoms with van der Waals surface area (Å²) in [5.41, 5.74) is 16.7. The quantitative estimate of drug-likeness (QED) is 0.0130. The minimum atomic E-state index is -2.43. The first-order valence-electron chi connectivity index (χ1n) is 30.3. The van der Waals surface area contributed by atoms with E-state index in [0.29, 0.717) is 19.4 Å². The van der Waals surface area contributed by atoms with Crippen LogP contribution in [-0.4, -0.2) is 233 Å². The maximum absolute atomic E-state index is 14.4. The summed E-state index contributed by atoms with van der Waals surface area (Å²) in [5, 5.41) is 76.7. The van der Waals surface area contributed by atoms with E-state index < -0.39 is 188 Å². The first-order valence-corrected chi connectivity index (χ1v) is 30.8. The van der Waals surface area contributed by atoms with Gasteiger partial charge in [-0.15, -0.1) is 11.6 Å². The van der Waals surface area contributed by atoms with Gasteiger partial charge in [0.2, 0.25) is 47.3 Å². The molecule has 1 rings (SSSR count). The summed E-state index contributed by atoms with van der Waals surface area (Å²) >= 11 is 5.93. The number of carbonyl (C=O) groups excluding carboxylic acids is 11. The van der Waals surface area contributed by atoms with Crippen LogP contribution in [0.4, 0.5) is 0 Å². The Bertz CT molecular complexity index is 2320. The Kier molecular flexibility index (Phi) is 40.4. The Labute approximate surface area is 524 Å². The van der Waals surface area contributed by atoms with Gasteiger partial charge in [0, 0.05) is 6.54 Å². The van der Waals surface area contributed by atoms with Crippen molar-refractivity contribution in [3.63, 3.8) is 0 Å². The standard InChI is InChI=1S/C56H99ClN14O18/c1-6-8-9-10-11-12-13-14-15-19-33(73)28-41(75)62-39-31-89-56(88)44(40(74)30-57)69-47(79)34(7-2)63-53(85)43(32(3)72)68-50(82)37(22-25-60)66-54(86)45(46(78)55(87)61-26-18-27-71(4)5)70-49(81)35(20-16-17-23-58)64-51(83)38(29-42(76)77)67-48(80)36(21-24-59)65-52(39)84/h7,32-33,35-40,43-46,72-74,78H,6,8-31,58-60H2,1-5H3,(H,61,87)(H,62,75)(H,63,85)(H,64,83)(H,65,84)(H,66,86)(H,67,80)(H,68,82)(H,69,79)(H,70,81)(H,76,77)/b34-7+/t32-,33+,35?,36?,37-,38-,39?,40+,43?,44?,45?,46-/m0/s1. The molecule has 0 spiro atoms. The van der Waals surface area contributed by atoms with Crippen molar-refractivity contribution in [3.8, 4) is 0 Å². The molecule has 1 aliphatic rings. The molecule has 508 valence electrons. The number of aliphatic hydroxyl groups is 4. The molecular weight excluding hydrogens is 1190 g/mol. The summed E-state index contributed by atoms with van der Waals surface area (Å²) in [7, 11) is 3.52. The number of halogens is 1. The highest BCUT2D eigenvalue weighted by molar-refractivity contribution is 6.18. The number of aliphatic carboxylic acids is 1. The smallest absolute Gasteiger partial charge is 0.331 e. The summed E-state index contributed by atoms with van der Waals surface area (Å²) in [5.74, 6) is -16.3. The van der Waals surface area contributed by atoms with Crippen molar-refractivity contribution < 1.29 is 87.8 Å². The van der Waals surface area contributed by atoms with Crippen LogP contribution in [0.15, 0.2) is 11.8 Å². The fourth-order valence-electron chi connectivity index (χ4n) is 8.95. The molecule has 1 aliphatic heterocycles. The zero-order valence-electron chi connectivity index (χ0n) is 51.8. The van der Waals surface area contributed by atoms with E-state index in [1.807, 2.05) is 0 Å². The number of cyclic esters (lactones) is 1. The Balaban J connectivity index is 4.08. The molecule has 0 saturated carbocycles. The second-order valence-corrected chi connectivity index (χ2v) is 22.3. The zero-order valence-corrected chi connectivity index (χ0v) is 52.5. The van der Waals surface area contributed by atoms with Crippen LogP contribution in [-0.2, 0) is 62.3 Å². The van der Waals surface area contributed by atoms with Crippen LogP contribution in [0.3, 0.4) is 0 Å². The Morgan fingerprint density at radius 3 is 1.72 bits per heavy atom. The van der Waals surface area contributed by atoms with Crippen molar-refractivity contribution in [3.05, 3.63) is 11.8 Å². The number of carboxylic acids is 1. The molecule has 12 atom stereocenters. The van der Waals surface area contributed by atoms with Gasteiger partial charge in [-0.1, -0.05) is 70.8 Å². The van der Waals surface area contributed by atoms with Crippen LogP contribution in [0.25, 0.3) is 0 Å². The number of allylic oxidation sites excluding steroid dienone is 1. The van der Waals surface area contributed by atoms with E-state index in [0.717, 1.165) is 64.4 Å². The molecule has 0 aromatic carbocycles. The molecule has 32 nitrogen and oxygen atoms in total. The van der Waals surface area contributed by atoms with Crippen LogP contribution >= 0.6 is 11.6 Å². The third-order valence-corrected chi connectivity index (χ3v) is 14.4. The van der Waals surface area contributed by atoms with Crippen LogP contribution in [0, 0.1) is 0 Å². The van der Waals surface area contributed by atoms with E-state index >= 15 is 0 Å². The number of nitrogens with zero attached hydrogens (tertiary/aromatic N) is 1. The minimum absolute atomic E-state index is 0.0393. The molecule has 6 unspecified atom stereocenters. The first kappa shape index (κ1) is 80.4. The number of esters is 1. The predicted molar refractivity (Wildman–Crippen MR) is 324 cm³/mol. The highest BCUT2D eigenvalue weighted by Gasteiger charge is 2.40. The summed E-state index contributed by atoms with van der Waals surface area (Å²) in [4.78, 5) is 168. The third kappa shape index (κ3) is 31.6. The summed E-state index contributed by atoms with van der Waals surface area (Å²) in [6.07, 6.45) is 0.501. The molecule has 89 heavy (non-hydrogen) atoms. The summed E-state index contributed by atoms with van der Waals surface area (Å²) in [6, 6.07) is -15.6. The maximum atomic E-state index is 14.4. The van der Waals surface area contributed by atoms with Gasteiger partial charge in [-0.25, -0.2) is 4.79 Å². The molecule has 0 aliphatic carbocycles. The van der Waals surface area contributed by atoms with Gasteiger partial charge in [-0.3, -0.25) is 52.7 Å². The molecule has 0 bridgehead atoms. The molecule has 21 N–H and O–H groups in total. The largest absolute Gasteiger partial charge is 0.481 e. The lowest BCUT2D eigenvalue weighted by molar-refractivity contribution is -0.153. The number of carboxylic acid groups (broad SMARTS) is 1. The zero-order chi connectivity index (χ0) is 67.2. The lowest BCUT2D eigenvalue weighted by atomic mass is 10.0. The number of unbranched alkanes of at least 4 members (excludes halogenated alkanes) is 9. The number of ether oxygens (including phenoxy) is 1. The Morgan fingerprint density at radius 1 is 0.652 bits per heavy atom. The van der Waals surface area contributed by atoms with E-state index in [9.17, 15) is 83.1 Å². The number of alkyl halides is 1. The van der Waals surface area contributed by atoms with Crippen LogP contribution in [0.2, 0.25) is 0 Å². The third-order valence-electron chi connectivity index (χ3n) is 14.1. The average Bonchev–Trinajstić information content (AvgIpc) is 3.65. The van der Waals surface area contributed by atoms with Gasteiger partial charge in [0.15, 0.2) is 12.1 Å². The number of hydrogen-bond acceptors (Lipinski definition) is 21. The van der Waals surface area contributed by atoms with Gasteiger partial charge >= 0.3 is 11.9 Å². The molecule has 1 heterocycles. The highest BCUT2D eigenvalue weighted by Crippen LogP contribution is 2.14. The van der Waals surface area contributed by atoms with Crippen molar-refractivity contribution in [1.82, 2.24) is 58.1 Å². The Morgan fingerprint density at radius 2 is 1.18 bits per heavy atom. The number of nitrogens with two attached hydrogens (primary N) is 3. The van der Waals surface area contributed by atoms with Crippen molar-refractivity contribution in [2.24, 2.45) is 17.2 Å². The van der Waals surface area contributed by atoms with E-state index in [-0.39, 0.29) is 51.9 Å². The fraction of sp³-hybridized carbons (Fsp3) is 0.750. The average molecular weight is 1290 g/mol. The minimum Gasteiger partial charge on any atom is -0.481 e. The first-order chi connectivity index (χ1) is 42.2. The number of rotatable bonds is 32. The highest BCUT2D eigenvalue weighted by atomic mass is 35.5. The second kappa shape index (κ2) is 44.7. The molecule has 10 amide bonds. The number of carbonyl (C=O) groups is 12. The van der Waals surface area contributed by atoms with Gasteiger partial charge in [-0.05, 0) is 99.1 Å². The topological polar surface area (TPSA) is 517 Å². The van der Waals surface area contributed by atoms with Crippen molar-refractivity contribution in [1.29, 1.82) is 0 Å². The lowest BCUT2D eigenvalue weighted by Crippen LogP contribution is -2.64. The fourth-order valence-corrected chi connectivity index (χ4v) is 9.13. The maximum Gasteiger partial charge on any atom is 0.331 e. The van der Waals surface area contributed by atoms with E-state index in [1.54, 1.807) is 19.0 Å². The Hall–Kier alpha value is -6.65. The number of amides is 10. The van der Waals surface area contributed by atoms with E-state index in [4.69, 9.17) is 33.5 Å². The van der Waals surface area contributed by atoms with Gasteiger partial charge in [0.1, 0.15) is 54.6 Å². The number of aliphatic hydroxyl groups excluding tert-OH is 4. The SMILES string of the molecule is C/C=C1/NC(=O)C([C@H](C)O)NC(=O)[C@H](CCN)NC(=O)C([C@H](O)C(=O)NCCCN(C)C)NC(=O)C(CCCCN)NC(=O)[C@H](CC(=O)O)NC(=O)C(CCN)NC(=O)C(NC(=O)C[C@H](O)CCCCCCCCCCC)COC(=O)C([C@H](O)CCl)NC1=O. The molecule has 0 radical (unpaired) electrons. The number of hydrogen-bond donors (Lipinski definition) is 18. The monoisotopic (exact) mass is 1290 g/mol. The van der Waals surface area contributed by atoms with E-state index in [2.05, 4.69) is 60.1 Å². The van der Waals surface area contributed by atoms with Crippen molar-refractivity contribution >= 4 is 82.6 Å². The second-order valence-electron chi connectivity index (χ2n) is 22.0. The van der Waals surface area contributed by atoms with Gasteiger partial charge < -0.3 is 106 Å². The molecule has 1 fully saturated rings. The molecular formula is C56H99ClN14O18. The summed E-state index contributed by atoms with van der Waals surface area (Å²) < 4.78 is 5.37. The molecule has 33 heteroatoms. The normalized spacial score (nSPS) is 23.7. The molecule has 0 aromatic rings. The van der Waals surface area contributed by atoms with E-state index in [1.165, 1.54) is 6.92 Å². The van der Waals surface area contributed by atoms with Gasteiger partial charge in [-0.2, -0.15) is 0 Å². The number of nitrogens with one attached hydrogen (secondary N) is 10. The molecule has 0 aromatic heterocycles. The van der Waals surface area contributed by atoms with Crippen molar-refractivity contribution in [2.45, 2.75) is 209 Å². The predicted octanol–water partition coefficient (Wildman–Crippen LogP) is -5.18. The van der Waals surface area contributed by atoms with Crippen molar-refractivity contribution in [2.75, 3.05) is 59.3 Å². The van der Waals surface area contributed by atoms with Crippen LogP contribution in [0.1, 0.15) is 136 Å².